The standard InChI is InChI=1S/C28H28N4O2/c1-19(2)16-17-31-25-11-7-5-9-23(25)29-26(31)18-32-24-10-6-4-8-22(24)27(30-32)20-12-14-21(15-13-20)28(33)34-3/h4-15,19H,16-18H2,1-3H3. The molecule has 0 saturated heterocycles. The smallest absolute Gasteiger partial charge is 0.337 e. The van der Waals surface area contributed by atoms with Gasteiger partial charge in [0.2, 0.25) is 0 Å². The number of aromatic nitrogens is 4. The van der Waals surface area contributed by atoms with Crippen LogP contribution in [-0.4, -0.2) is 32.4 Å². The maximum atomic E-state index is 11.8. The molecule has 0 amide bonds. The number of carbonyl (C=O) groups is 1. The van der Waals surface area contributed by atoms with Crippen molar-refractivity contribution in [1.82, 2.24) is 19.3 Å². The third kappa shape index (κ3) is 4.07. The highest BCUT2D eigenvalue weighted by molar-refractivity contribution is 5.95. The van der Waals surface area contributed by atoms with Crippen molar-refractivity contribution in [1.29, 1.82) is 0 Å². The summed E-state index contributed by atoms with van der Waals surface area (Å²) in [5, 5.41) is 6.07. The quantitative estimate of drug-likeness (QED) is 0.287. The molecule has 0 N–H and O–H groups in total. The Bertz CT molecular complexity index is 1460. The average molecular weight is 453 g/mol. The van der Waals surface area contributed by atoms with Crippen LogP contribution < -0.4 is 0 Å². The summed E-state index contributed by atoms with van der Waals surface area (Å²) in [6.45, 7) is 6.00. The number of imidazole rings is 1. The number of nitrogens with zero attached hydrogens (tertiary/aromatic N) is 4. The monoisotopic (exact) mass is 452 g/mol. The molecular weight excluding hydrogens is 424 g/mol. The van der Waals surface area contributed by atoms with E-state index >= 15 is 0 Å². The van der Waals surface area contributed by atoms with Crippen molar-refractivity contribution in [2.75, 3.05) is 7.11 Å². The van der Waals surface area contributed by atoms with Gasteiger partial charge in [-0.15, -0.1) is 0 Å². The summed E-state index contributed by atoms with van der Waals surface area (Å²) in [6, 6.07) is 23.9. The van der Waals surface area contributed by atoms with Crippen molar-refractivity contribution in [2.45, 2.75) is 33.4 Å². The number of ether oxygens (including phenoxy) is 1. The maximum Gasteiger partial charge on any atom is 0.337 e. The van der Waals surface area contributed by atoms with Crippen molar-refractivity contribution < 1.29 is 9.53 Å². The van der Waals surface area contributed by atoms with Crippen molar-refractivity contribution in [2.24, 2.45) is 5.92 Å². The van der Waals surface area contributed by atoms with E-state index in [2.05, 4.69) is 48.7 Å². The molecule has 0 unspecified atom stereocenters. The second-order valence-electron chi connectivity index (χ2n) is 8.94. The molecule has 2 heterocycles. The Morgan fingerprint density at radius 3 is 2.38 bits per heavy atom. The Kier molecular flexibility index (Phi) is 5.88. The molecule has 34 heavy (non-hydrogen) atoms. The highest BCUT2D eigenvalue weighted by Crippen LogP contribution is 2.29. The summed E-state index contributed by atoms with van der Waals surface area (Å²) >= 11 is 0. The average Bonchev–Trinajstić information content (AvgIpc) is 3.40. The van der Waals surface area contributed by atoms with Gasteiger partial charge in [-0.25, -0.2) is 9.78 Å². The van der Waals surface area contributed by atoms with Gasteiger partial charge in [-0.1, -0.05) is 56.3 Å². The lowest BCUT2D eigenvalue weighted by molar-refractivity contribution is 0.0600. The predicted octanol–water partition coefficient (Wildman–Crippen LogP) is 5.93. The predicted molar refractivity (Wildman–Crippen MR) is 135 cm³/mol. The molecule has 5 rings (SSSR count). The van der Waals surface area contributed by atoms with Crippen LogP contribution in [0.2, 0.25) is 0 Å². The molecule has 0 aliphatic heterocycles. The van der Waals surface area contributed by atoms with Gasteiger partial charge in [0.1, 0.15) is 11.5 Å². The van der Waals surface area contributed by atoms with E-state index < -0.39 is 0 Å². The molecule has 0 radical (unpaired) electrons. The third-order valence-corrected chi connectivity index (χ3v) is 6.19. The molecule has 3 aromatic carbocycles. The molecule has 0 spiro atoms. The van der Waals surface area contributed by atoms with E-state index in [1.807, 2.05) is 35.0 Å². The van der Waals surface area contributed by atoms with Crippen molar-refractivity contribution >= 4 is 27.9 Å². The summed E-state index contributed by atoms with van der Waals surface area (Å²) in [4.78, 5) is 16.8. The highest BCUT2D eigenvalue weighted by atomic mass is 16.5. The van der Waals surface area contributed by atoms with Gasteiger partial charge in [0.25, 0.3) is 0 Å². The normalized spacial score (nSPS) is 11.5. The SMILES string of the molecule is COC(=O)c1ccc(-c2nn(Cc3nc4ccccc4n3CCC(C)C)c3ccccc23)cc1. The molecule has 0 aliphatic carbocycles. The number of rotatable bonds is 7. The third-order valence-electron chi connectivity index (χ3n) is 6.19. The molecular formula is C28H28N4O2. The number of methoxy groups -OCH3 is 1. The Morgan fingerprint density at radius 2 is 1.65 bits per heavy atom. The number of carbonyl (C=O) groups excluding carboxylic acids is 1. The number of hydrogen-bond acceptors (Lipinski definition) is 4. The van der Waals surface area contributed by atoms with Crippen LogP contribution in [0.25, 0.3) is 33.2 Å². The van der Waals surface area contributed by atoms with Crippen molar-refractivity contribution in [3.63, 3.8) is 0 Å². The Morgan fingerprint density at radius 1 is 0.941 bits per heavy atom. The first kappa shape index (κ1) is 21.9. The van der Waals surface area contributed by atoms with E-state index in [-0.39, 0.29) is 5.97 Å². The van der Waals surface area contributed by atoms with Gasteiger partial charge in [0.05, 0.1) is 35.8 Å². The molecule has 0 bridgehead atoms. The number of para-hydroxylation sites is 3. The van der Waals surface area contributed by atoms with Crippen LogP contribution in [-0.2, 0) is 17.8 Å². The fraction of sp³-hybridized carbons (Fsp3) is 0.250. The van der Waals surface area contributed by atoms with Gasteiger partial charge in [-0.3, -0.25) is 4.68 Å². The largest absolute Gasteiger partial charge is 0.465 e. The summed E-state index contributed by atoms with van der Waals surface area (Å²) in [6.07, 6.45) is 1.09. The molecule has 6 heteroatoms. The van der Waals surface area contributed by atoms with E-state index in [1.165, 1.54) is 7.11 Å². The lowest BCUT2D eigenvalue weighted by Crippen LogP contribution is -2.11. The van der Waals surface area contributed by atoms with Gasteiger partial charge in [-0.2, -0.15) is 5.10 Å². The van der Waals surface area contributed by atoms with Crippen LogP contribution in [0.1, 0.15) is 36.5 Å². The Labute approximate surface area is 198 Å². The molecule has 2 aromatic heterocycles. The van der Waals surface area contributed by atoms with Crippen LogP contribution in [0, 0.1) is 5.92 Å². The van der Waals surface area contributed by atoms with Gasteiger partial charge in [0, 0.05) is 17.5 Å². The highest BCUT2D eigenvalue weighted by Gasteiger charge is 2.17. The first-order valence-corrected chi connectivity index (χ1v) is 11.6. The molecule has 5 aromatic rings. The zero-order valence-electron chi connectivity index (χ0n) is 19.7. The first-order chi connectivity index (χ1) is 16.5. The second-order valence-corrected chi connectivity index (χ2v) is 8.94. The van der Waals surface area contributed by atoms with E-state index in [4.69, 9.17) is 14.8 Å². The van der Waals surface area contributed by atoms with Crippen LogP contribution in [0.15, 0.2) is 72.8 Å². The molecule has 0 fully saturated rings. The van der Waals surface area contributed by atoms with Crippen LogP contribution in [0.4, 0.5) is 0 Å². The summed E-state index contributed by atoms with van der Waals surface area (Å²) < 4.78 is 9.19. The van der Waals surface area contributed by atoms with Gasteiger partial charge < -0.3 is 9.30 Å². The van der Waals surface area contributed by atoms with Gasteiger partial charge in [-0.05, 0) is 42.7 Å². The number of fused-ring (bicyclic) bond motifs is 2. The second kappa shape index (κ2) is 9.14. The lowest BCUT2D eigenvalue weighted by Gasteiger charge is -2.11. The number of esters is 1. The van der Waals surface area contributed by atoms with Crippen LogP contribution in [0.5, 0.6) is 0 Å². The minimum atomic E-state index is -0.345. The fourth-order valence-electron chi connectivity index (χ4n) is 4.36. The van der Waals surface area contributed by atoms with Crippen molar-refractivity contribution in [3.05, 3.63) is 84.2 Å². The summed E-state index contributed by atoms with van der Waals surface area (Å²) in [5.41, 5.74) is 5.59. The van der Waals surface area contributed by atoms with Crippen molar-refractivity contribution in [3.8, 4) is 11.3 Å². The maximum absolute atomic E-state index is 11.8. The topological polar surface area (TPSA) is 61.9 Å². The number of benzene rings is 3. The Balaban J connectivity index is 1.57. The fourth-order valence-corrected chi connectivity index (χ4v) is 4.36. The van der Waals surface area contributed by atoms with E-state index in [0.29, 0.717) is 18.0 Å². The zero-order valence-corrected chi connectivity index (χ0v) is 19.7. The molecule has 172 valence electrons. The molecule has 0 saturated carbocycles. The van der Waals surface area contributed by atoms with E-state index in [9.17, 15) is 4.79 Å². The number of hydrogen-bond donors (Lipinski definition) is 0. The van der Waals surface area contributed by atoms with Gasteiger partial charge >= 0.3 is 5.97 Å². The van der Waals surface area contributed by atoms with Crippen LogP contribution in [0.3, 0.4) is 0 Å². The minimum absolute atomic E-state index is 0.345. The molecule has 0 aliphatic rings. The van der Waals surface area contributed by atoms with Crippen LogP contribution >= 0.6 is 0 Å². The number of aryl methyl sites for hydroxylation is 1. The Hall–Kier alpha value is -3.93. The zero-order chi connectivity index (χ0) is 23.7. The molecule has 0 atom stereocenters. The molecule has 6 nitrogen and oxygen atoms in total. The summed E-state index contributed by atoms with van der Waals surface area (Å²) in [5.74, 6) is 1.27. The first-order valence-electron chi connectivity index (χ1n) is 11.6. The van der Waals surface area contributed by atoms with Gasteiger partial charge in [0.15, 0.2) is 0 Å². The summed E-state index contributed by atoms with van der Waals surface area (Å²) in [7, 11) is 1.39. The van der Waals surface area contributed by atoms with E-state index in [1.54, 1.807) is 12.1 Å². The minimum Gasteiger partial charge on any atom is -0.465 e. The van der Waals surface area contributed by atoms with E-state index in [0.717, 1.165) is 52.0 Å². The lowest BCUT2D eigenvalue weighted by atomic mass is 10.1.